The number of nitrogens with one attached hydrogen (secondary N) is 1. The molecule has 0 amide bonds. The Morgan fingerprint density at radius 3 is 2.48 bits per heavy atom. The minimum Gasteiger partial charge on any atom is -0.339 e. The highest BCUT2D eigenvalue weighted by Gasteiger charge is 2.14. The van der Waals surface area contributed by atoms with Crippen LogP contribution >= 0.6 is 0 Å². The van der Waals surface area contributed by atoms with Gasteiger partial charge in [0.25, 0.3) is 0 Å². The standard InChI is InChI=1S/C18H13FN4/c19-14-9-7-13(8-10-14)16-17(21-15-5-2-1-3-6-15)23-12-4-11-20-18(23)22-16/h1-12,21H. The first-order chi connectivity index (χ1) is 11.3. The SMILES string of the molecule is Fc1ccc(-c2nc3ncccn3c2Nc2ccccc2)cc1. The molecule has 0 unspecified atom stereocenters. The minimum atomic E-state index is -0.270. The summed E-state index contributed by atoms with van der Waals surface area (Å²) in [6.07, 6.45) is 3.59. The maximum Gasteiger partial charge on any atom is 0.235 e. The lowest BCUT2D eigenvalue weighted by Crippen LogP contribution is -1.97. The van der Waals surface area contributed by atoms with Gasteiger partial charge in [-0.2, -0.15) is 0 Å². The Labute approximate surface area is 132 Å². The van der Waals surface area contributed by atoms with E-state index >= 15 is 0 Å². The second kappa shape index (κ2) is 5.53. The maximum absolute atomic E-state index is 13.2. The fraction of sp³-hybridized carbons (Fsp3) is 0. The van der Waals surface area contributed by atoms with Gasteiger partial charge in [-0.15, -0.1) is 0 Å². The topological polar surface area (TPSA) is 42.2 Å². The van der Waals surface area contributed by atoms with Crippen LogP contribution in [0.25, 0.3) is 17.0 Å². The molecule has 0 aliphatic carbocycles. The molecule has 2 heterocycles. The van der Waals surface area contributed by atoms with Crippen molar-refractivity contribution in [3.63, 3.8) is 0 Å². The van der Waals surface area contributed by atoms with Gasteiger partial charge in [0.15, 0.2) is 0 Å². The molecule has 0 aliphatic rings. The van der Waals surface area contributed by atoms with Gasteiger partial charge in [-0.05, 0) is 42.5 Å². The molecule has 0 aliphatic heterocycles. The van der Waals surface area contributed by atoms with E-state index in [0.717, 1.165) is 22.8 Å². The van der Waals surface area contributed by atoms with Crippen molar-refractivity contribution in [2.24, 2.45) is 0 Å². The molecule has 1 N–H and O–H groups in total. The zero-order chi connectivity index (χ0) is 15.6. The van der Waals surface area contributed by atoms with Crippen LogP contribution in [0.15, 0.2) is 73.1 Å². The number of aromatic nitrogens is 3. The Morgan fingerprint density at radius 1 is 0.913 bits per heavy atom. The summed E-state index contributed by atoms with van der Waals surface area (Å²) in [5, 5.41) is 3.38. The highest BCUT2D eigenvalue weighted by molar-refractivity contribution is 5.78. The third-order valence-corrected chi connectivity index (χ3v) is 3.56. The maximum atomic E-state index is 13.2. The smallest absolute Gasteiger partial charge is 0.235 e. The molecule has 2 aromatic carbocycles. The van der Waals surface area contributed by atoms with Crippen molar-refractivity contribution >= 4 is 17.3 Å². The third kappa shape index (κ3) is 2.53. The third-order valence-electron chi connectivity index (χ3n) is 3.56. The number of hydrogen-bond acceptors (Lipinski definition) is 3. The van der Waals surface area contributed by atoms with E-state index in [2.05, 4.69) is 15.3 Å². The molecule has 2 aromatic heterocycles. The highest BCUT2D eigenvalue weighted by atomic mass is 19.1. The predicted molar refractivity (Wildman–Crippen MR) is 88.1 cm³/mol. The van der Waals surface area contributed by atoms with Crippen molar-refractivity contribution in [3.05, 3.63) is 78.9 Å². The minimum absolute atomic E-state index is 0.270. The van der Waals surface area contributed by atoms with E-state index in [9.17, 15) is 4.39 Å². The zero-order valence-corrected chi connectivity index (χ0v) is 12.1. The largest absolute Gasteiger partial charge is 0.339 e. The van der Waals surface area contributed by atoms with Crippen molar-refractivity contribution in [1.82, 2.24) is 14.4 Å². The predicted octanol–water partition coefficient (Wildman–Crippen LogP) is 4.28. The zero-order valence-electron chi connectivity index (χ0n) is 12.1. The first-order valence-corrected chi connectivity index (χ1v) is 7.22. The van der Waals surface area contributed by atoms with Crippen molar-refractivity contribution < 1.29 is 4.39 Å². The van der Waals surface area contributed by atoms with Crippen molar-refractivity contribution in [1.29, 1.82) is 0 Å². The van der Waals surface area contributed by atoms with Gasteiger partial charge in [-0.3, -0.25) is 4.40 Å². The van der Waals surface area contributed by atoms with Crippen LogP contribution in [-0.2, 0) is 0 Å². The Morgan fingerprint density at radius 2 is 1.70 bits per heavy atom. The summed E-state index contributed by atoms with van der Waals surface area (Å²) < 4.78 is 15.1. The van der Waals surface area contributed by atoms with E-state index < -0.39 is 0 Å². The van der Waals surface area contributed by atoms with E-state index in [1.54, 1.807) is 18.3 Å². The molecular weight excluding hydrogens is 291 g/mol. The number of halogens is 1. The van der Waals surface area contributed by atoms with Crippen molar-refractivity contribution in [2.45, 2.75) is 0 Å². The molecule has 0 atom stereocenters. The number of anilines is 2. The molecule has 0 fully saturated rings. The number of nitrogens with zero attached hydrogens (tertiary/aromatic N) is 3. The molecule has 0 saturated heterocycles. The van der Waals surface area contributed by atoms with E-state index in [1.807, 2.05) is 47.0 Å². The molecular formula is C18H13FN4. The van der Waals surface area contributed by atoms with Crippen LogP contribution in [0, 0.1) is 5.82 Å². The molecule has 0 saturated carbocycles. The van der Waals surface area contributed by atoms with Gasteiger partial charge in [-0.1, -0.05) is 18.2 Å². The van der Waals surface area contributed by atoms with Crippen molar-refractivity contribution in [2.75, 3.05) is 5.32 Å². The number of benzene rings is 2. The molecule has 4 nitrogen and oxygen atoms in total. The number of fused-ring (bicyclic) bond motifs is 1. The van der Waals surface area contributed by atoms with Gasteiger partial charge in [0.1, 0.15) is 17.3 Å². The number of imidazole rings is 1. The second-order valence-electron chi connectivity index (χ2n) is 5.10. The summed E-state index contributed by atoms with van der Waals surface area (Å²) in [5.41, 5.74) is 2.50. The van der Waals surface area contributed by atoms with Crippen LogP contribution in [-0.4, -0.2) is 14.4 Å². The lowest BCUT2D eigenvalue weighted by atomic mass is 10.1. The van der Waals surface area contributed by atoms with Gasteiger partial charge >= 0.3 is 0 Å². The monoisotopic (exact) mass is 304 g/mol. The summed E-state index contributed by atoms with van der Waals surface area (Å²) >= 11 is 0. The van der Waals surface area contributed by atoms with E-state index in [0.29, 0.717) is 5.78 Å². The molecule has 112 valence electrons. The van der Waals surface area contributed by atoms with Gasteiger partial charge in [0.05, 0.1) is 0 Å². The van der Waals surface area contributed by atoms with Gasteiger partial charge < -0.3 is 5.32 Å². The summed E-state index contributed by atoms with van der Waals surface area (Å²) in [6.45, 7) is 0. The molecule has 4 rings (SSSR count). The average molecular weight is 304 g/mol. The van der Waals surface area contributed by atoms with Gasteiger partial charge in [0.2, 0.25) is 5.78 Å². The van der Waals surface area contributed by atoms with E-state index in [4.69, 9.17) is 0 Å². The normalized spacial score (nSPS) is 10.8. The molecule has 4 aromatic rings. The lowest BCUT2D eigenvalue weighted by molar-refractivity contribution is 0.628. The van der Waals surface area contributed by atoms with Gasteiger partial charge in [0, 0.05) is 23.6 Å². The number of para-hydroxylation sites is 1. The van der Waals surface area contributed by atoms with Crippen LogP contribution in [0.1, 0.15) is 0 Å². The fourth-order valence-corrected chi connectivity index (χ4v) is 2.47. The van der Waals surface area contributed by atoms with Crippen LogP contribution in [0.2, 0.25) is 0 Å². The molecule has 0 spiro atoms. The second-order valence-corrected chi connectivity index (χ2v) is 5.10. The van der Waals surface area contributed by atoms with Crippen LogP contribution in [0.3, 0.4) is 0 Å². The molecule has 0 radical (unpaired) electrons. The highest BCUT2D eigenvalue weighted by Crippen LogP contribution is 2.30. The fourth-order valence-electron chi connectivity index (χ4n) is 2.47. The first kappa shape index (κ1) is 13.5. The van der Waals surface area contributed by atoms with Crippen LogP contribution < -0.4 is 5.32 Å². The Balaban J connectivity index is 1.89. The van der Waals surface area contributed by atoms with Crippen LogP contribution in [0.5, 0.6) is 0 Å². The molecule has 23 heavy (non-hydrogen) atoms. The van der Waals surface area contributed by atoms with Crippen molar-refractivity contribution in [3.8, 4) is 11.3 Å². The quantitative estimate of drug-likeness (QED) is 0.614. The lowest BCUT2D eigenvalue weighted by Gasteiger charge is -2.08. The summed E-state index contributed by atoms with van der Waals surface area (Å²) in [4.78, 5) is 8.86. The Hall–Kier alpha value is -3.21. The first-order valence-electron chi connectivity index (χ1n) is 7.22. The summed E-state index contributed by atoms with van der Waals surface area (Å²) in [5.74, 6) is 1.12. The summed E-state index contributed by atoms with van der Waals surface area (Å²) in [7, 11) is 0. The summed E-state index contributed by atoms with van der Waals surface area (Å²) in [6, 6.07) is 18.0. The number of hydrogen-bond donors (Lipinski definition) is 1. The molecule has 5 heteroatoms. The molecule has 0 bridgehead atoms. The van der Waals surface area contributed by atoms with Crippen LogP contribution in [0.4, 0.5) is 15.9 Å². The Kier molecular flexibility index (Phi) is 3.24. The number of rotatable bonds is 3. The van der Waals surface area contributed by atoms with Gasteiger partial charge in [-0.25, -0.2) is 14.4 Å². The van der Waals surface area contributed by atoms with E-state index in [1.165, 1.54) is 12.1 Å². The Bertz CT molecular complexity index is 946. The van der Waals surface area contributed by atoms with E-state index in [-0.39, 0.29) is 5.82 Å². The average Bonchev–Trinajstić information content (AvgIpc) is 2.95.